The summed E-state index contributed by atoms with van der Waals surface area (Å²) in [6.45, 7) is 0.491. The number of halogens is 1. The number of fused-ring (bicyclic) bond motifs is 1. The molecule has 140 valence electrons. The van der Waals surface area contributed by atoms with Crippen LogP contribution in [0.4, 0.5) is 4.39 Å². The Hall–Kier alpha value is -3.54. The fraction of sp³-hybridized carbons (Fsp3) is 0.136. The van der Waals surface area contributed by atoms with Crippen LogP contribution in [0.15, 0.2) is 82.5 Å². The smallest absolute Gasteiger partial charge is 0.291 e. The van der Waals surface area contributed by atoms with Crippen LogP contribution in [0.2, 0.25) is 0 Å². The maximum absolute atomic E-state index is 13.2. The maximum atomic E-state index is 13.2. The van der Waals surface area contributed by atoms with E-state index >= 15 is 0 Å². The molecule has 4 rings (SSSR count). The average molecular weight is 375 g/mol. The number of aryl methyl sites for hydroxylation is 2. The largest absolute Gasteiger partial charge is 0.331 e. The fourth-order valence-corrected chi connectivity index (χ4v) is 3.26. The third-order valence-electron chi connectivity index (χ3n) is 4.71. The number of benzene rings is 2. The Labute approximate surface area is 160 Å². The van der Waals surface area contributed by atoms with Crippen molar-refractivity contribution in [3.63, 3.8) is 0 Å². The first-order valence-corrected chi connectivity index (χ1v) is 9.00. The predicted molar refractivity (Wildman–Crippen MR) is 106 cm³/mol. The van der Waals surface area contributed by atoms with E-state index < -0.39 is 11.2 Å². The summed E-state index contributed by atoms with van der Waals surface area (Å²) < 4.78 is 15.9. The Kier molecular flexibility index (Phi) is 4.85. The van der Waals surface area contributed by atoms with Gasteiger partial charge in [-0.2, -0.15) is 0 Å². The highest BCUT2D eigenvalue weighted by Gasteiger charge is 2.14. The molecule has 0 N–H and O–H groups in total. The Morgan fingerprint density at radius 2 is 1.57 bits per heavy atom. The zero-order chi connectivity index (χ0) is 19.5. The van der Waals surface area contributed by atoms with E-state index in [0.29, 0.717) is 24.0 Å². The molecule has 4 aromatic rings. The Balaban J connectivity index is 1.80. The van der Waals surface area contributed by atoms with Gasteiger partial charge in [0.15, 0.2) is 5.52 Å². The van der Waals surface area contributed by atoms with Crippen molar-refractivity contribution in [3.05, 3.63) is 111 Å². The highest BCUT2D eigenvalue weighted by atomic mass is 19.1. The van der Waals surface area contributed by atoms with Gasteiger partial charge < -0.3 is 0 Å². The molecule has 5 nitrogen and oxygen atoms in total. The van der Waals surface area contributed by atoms with Crippen LogP contribution in [-0.2, 0) is 19.5 Å². The molecule has 2 heterocycles. The zero-order valence-corrected chi connectivity index (χ0v) is 15.1. The molecule has 0 saturated heterocycles. The lowest BCUT2D eigenvalue weighted by atomic mass is 10.1. The summed E-state index contributed by atoms with van der Waals surface area (Å²) in [6.07, 6.45) is 2.19. The van der Waals surface area contributed by atoms with Gasteiger partial charge in [-0.25, -0.2) is 14.2 Å². The summed E-state index contributed by atoms with van der Waals surface area (Å²) >= 11 is 0. The van der Waals surface area contributed by atoms with E-state index in [1.807, 2.05) is 30.3 Å². The van der Waals surface area contributed by atoms with E-state index in [4.69, 9.17) is 0 Å². The van der Waals surface area contributed by atoms with Gasteiger partial charge in [-0.1, -0.05) is 42.5 Å². The second-order valence-electron chi connectivity index (χ2n) is 6.56. The highest BCUT2D eigenvalue weighted by Crippen LogP contribution is 2.09. The molecule has 0 aliphatic carbocycles. The van der Waals surface area contributed by atoms with Crippen LogP contribution in [0.1, 0.15) is 11.1 Å². The lowest BCUT2D eigenvalue weighted by molar-refractivity contribution is 0.597. The number of pyridine rings is 1. The monoisotopic (exact) mass is 375 g/mol. The minimum Gasteiger partial charge on any atom is -0.291 e. The molecular formula is C22H18FN3O2. The van der Waals surface area contributed by atoms with Gasteiger partial charge in [0.05, 0.1) is 12.1 Å². The highest BCUT2D eigenvalue weighted by molar-refractivity contribution is 5.73. The molecule has 0 fully saturated rings. The average Bonchev–Trinajstić information content (AvgIpc) is 2.73. The zero-order valence-electron chi connectivity index (χ0n) is 15.1. The van der Waals surface area contributed by atoms with Gasteiger partial charge in [-0.05, 0) is 41.8 Å². The van der Waals surface area contributed by atoms with Crippen molar-refractivity contribution in [1.82, 2.24) is 14.1 Å². The molecule has 0 aliphatic heterocycles. The topological polar surface area (TPSA) is 56.9 Å². The van der Waals surface area contributed by atoms with Crippen LogP contribution in [0.25, 0.3) is 11.0 Å². The molecule has 2 aromatic carbocycles. The predicted octanol–water partition coefficient (Wildman–Crippen LogP) is 2.99. The lowest BCUT2D eigenvalue weighted by Gasteiger charge is -2.14. The van der Waals surface area contributed by atoms with E-state index in [1.54, 1.807) is 28.8 Å². The van der Waals surface area contributed by atoms with E-state index in [9.17, 15) is 14.0 Å². The van der Waals surface area contributed by atoms with Crippen LogP contribution in [-0.4, -0.2) is 14.1 Å². The quantitative estimate of drug-likeness (QED) is 0.539. The first kappa shape index (κ1) is 17.9. The summed E-state index contributed by atoms with van der Waals surface area (Å²) in [5.41, 5.74) is 1.70. The third-order valence-corrected chi connectivity index (χ3v) is 4.71. The van der Waals surface area contributed by atoms with Crippen molar-refractivity contribution >= 4 is 11.0 Å². The lowest BCUT2D eigenvalue weighted by Crippen LogP contribution is -2.41. The first-order valence-electron chi connectivity index (χ1n) is 9.00. The fourth-order valence-electron chi connectivity index (χ4n) is 3.26. The standard InChI is InChI=1S/C22H18FN3O2/c23-18-10-8-17(9-11-18)15-26-21(27)20-19(7-4-13-24-20)25(22(26)28)14-12-16-5-2-1-3-6-16/h1-11,13H,12,14-15H2. The Bertz CT molecular complexity index is 1230. The third kappa shape index (κ3) is 3.49. The van der Waals surface area contributed by atoms with Gasteiger partial charge in [-0.3, -0.25) is 13.9 Å². The van der Waals surface area contributed by atoms with Crippen molar-refractivity contribution in [1.29, 1.82) is 0 Å². The molecule has 28 heavy (non-hydrogen) atoms. The molecule has 6 heteroatoms. The first-order chi connectivity index (χ1) is 13.6. The summed E-state index contributed by atoms with van der Waals surface area (Å²) in [6, 6.07) is 19.1. The minimum atomic E-state index is -0.444. The van der Waals surface area contributed by atoms with Gasteiger partial charge in [0.2, 0.25) is 0 Å². The van der Waals surface area contributed by atoms with Crippen molar-refractivity contribution in [2.45, 2.75) is 19.5 Å². The van der Waals surface area contributed by atoms with Gasteiger partial charge >= 0.3 is 5.69 Å². The van der Waals surface area contributed by atoms with Crippen molar-refractivity contribution in [2.75, 3.05) is 0 Å². The minimum absolute atomic E-state index is 0.0653. The van der Waals surface area contributed by atoms with Crippen LogP contribution in [0.3, 0.4) is 0 Å². The normalized spacial score (nSPS) is 11.0. The van der Waals surface area contributed by atoms with E-state index in [-0.39, 0.29) is 17.9 Å². The van der Waals surface area contributed by atoms with Crippen molar-refractivity contribution in [3.8, 4) is 0 Å². The number of hydrogen-bond acceptors (Lipinski definition) is 3. The molecule has 0 aliphatic rings. The van der Waals surface area contributed by atoms with Crippen LogP contribution < -0.4 is 11.2 Å². The molecule has 0 radical (unpaired) electrons. The van der Waals surface area contributed by atoms with Crippen molar-refractivity contribution < 1.29 is 4.39 Å². The summed E-state index contributed by atoms with van der Waals surface area (Å²) in [4.78, 5) is 30.2. The molecule has 0 atom stereocenters. The van der Waals surface area contributed by atoms with Crippen LogP contribution in [0, 0.1) is 5.82 Å². The summed E-state index contributed by atoms with van der Waals surface area (Å²) in [5, 5.41) is 0. The van der Waals surface area contributed by atoms with Crippen LogP contribution >= 0.6 is 0 Å². The molecule has 2 aromatic heterocycles. The van der Waals surface area contributed by atoms with Gasteiger partial charge in [0, 0.05) is 12.7 Å². The molecule has 0 saturated carbocycles. The Morgan fingerprint density at radius 3 is 2.32 bits per heavy atom. The van der Waals surface area contributed by atoms with Gasteiger partial charge in [-0.15, -0.1) is 0 Å². The molecular weight excluding hydrogens is 357 g/mol. The van der Waals surface area contributed by atoms with E-state index in [2.05, 4.69) is 4.98 Å². The van der Waals surface area contributed by atoms with Gasteiger partial charge in [0.25, 0.3) is 5.56 Å². The Morgan fingerprint density at radius 1 is 0.821 bits per heavy atom. The number of aromatic nitrogens is 3. The number of hydrogen-bond donors (Lipinski definition) is 0. The second kappa shape index (κ2) is 7.60. The van der Waals surface area contributed by atoms with E-state index in [1.165, 1.54) is 18.3 Å². The summed E-state index contributed by atoms with van der Waals surface area (Å²) in [7, 11) is 0. The summed E-state index contributed by atoms with van der Waals surface area (Å²) in [5.74, 6) is -0.364. The number of rotatable bonds is 5. The maximum Gasteiger partial charge on any atom is 0.331 e. The van der Waals surface area contributed by atoms with Gasteiger partial charge in [0.1, 0.15) is 5.82 Å². The number of nitrogens with zero attached hydrogens (tertiary/aromatic N) is 3. The van der Waals surface area contributed by atoms with Crippen molar-refractivity contribution in [2.24, 2.45) is 0 Å². The van der Waals surface area contributed by atoms with E-state index in [0.717, 1.165) is 10.1 Å². The van der Waals surface area contributed by atoms with Crippen LogP contribution in [0.5, 0.6) is 0 Å². The molecule has 0 spiro atoms. The molecule has 0 bridgehead atoms. The molecule has 0 unspecified atom stereocenters. The SMILES string of the molecule is O=c1c2ncccc2n(CCc2ccccc2)c(=O)n1Cc1ccc(F)cc1. The molecule has 0 amide bonds. The second-order valence-corrected chi connectivity index (χ2v) is 6.56.